The molecule has 2 aromatic rings. The van der Waals surface area contributed by atoms with E-state index in [0.29, 0.717) is 15.8 Å². The fourth-order valence-electron chi connectivity index (χ4n) is 4.53. The Morgan fingerprint density at radius 2 is 1.74 bits per heavy atom. The van der Waals surface area contributed by atoms with Gasteiger partial charge in [-0.05, 0) is 48.7 Å². The van der Waals surface area contributed by atoms with E-state index in [1.54, 1.807) is 12.1 Å². The second-order valence-corrected chi connectivity index (χ2v) is 10.1. The number of rotatable bonds is 4. The van der Waals surface area contributed by atoms with Crippen LogP contribution in [0.2, 0.25) is 10.0 Å². The van der Waals surface area contributed by atoms with E-state index < -0.39 is 0 Å². The molecule has 1 heterocycles. The second-order valence-electron chi connectivity index (χ2n) is 8.37. The summed E-state index contributed by atoms with van der Waals surface area (Å²) in [5.41, 5.74) is 2.36. The SMILES string of the molecule is C[C@H]1C(C(=O)NC2CCCCCC2)=NN(c2ccc(Cl)cc2Cl)[C@@H]1c1ccc(Br)cc1. The third kappa shape index (κ3) is 5.10. The number of hydrogen-bond donors (Lipinski definition) is 1. The summed E-state index contributed by atoms with van der Waals surface area (Å²) in [7, 11) is 0. The van der Waals surface area contributed by atoms with Gasteiger partial charge in [-0.3, -0.25) is 9.80 Å². The third-order valence-electron chi connectivity index (χ3n) is 6.17. The summed E-state index contributed by atoms with van der Waals surface area (Å²) in [5, 5.41) is 11.0. The van der Waals surface area contributed by atoms with Crippen LogP contribution in [0.15, 0.2) is 52.0 Å². The molecular formula is C24H26BrCl2N3O. The van der Waals surface area contributed by atoms with E-state index in [0.717, 1.165) is 28.6 Å². The molecule has 0 bridgehead atoms. The Hall–Kier alpha value is -1.56. The molecule has 0 spiro atoms. The molecule has 0 radical (unpaired) electrons. The lowest BCUT2D eigenvalue weighted by Crippen LogP contribution is -2.40. The third-order valence-corrected chi connectivity index (χ3v) is 7.24. The first-order valence-electron chi connectivity index (χ1n) is 10.8. The van der Waals surface area contributed by atoms with Crippen molar-refractivity contribution in [3.8, 4) is 0 Å². The number of amides is 1. The maximum atomic E-state index is 13.3. The van der Waals surface area contributed by atoms with Crippen molar-refractivity contribution in [2.75, 3.05) is 5.01 Å². The molecule has 0 aromatic heterocycles. The number of hydrazone groups is 1. The minimum absolute atomic E-state index is 0.0749. The van der Waals surface area contributed by atoms with E-state index in [1.165, 1.54) is 25.7 Å². The highest BCUT2D eigenvalue weighted by molar-refractivity contribution is 9.10. The quantitative estimate of drug-likeness (QED) is 0.433. The fourth-order valence-corrected chi connectivity index (χ4v) is 5.29. The largest absolute Gasteiger partial charge is 0.348 e. The number of carbonyl (C=O) groups excluding carboxylic acids is 1. The van der Waals surface area contributed by atoms with Crippen molar-refractivity contribution in [1.29, 1.82) is 0 Å². The lowest BCUT2D eigenvalue weighted by molar-refractivity contribution is -0.115. The Morgan fingerprint density at radius 3 is 2.39 bits per heavy atom. The zero-order valence-corrected chi connectivity index (χ0v) is 20.6. The maximum absolute atomic E-state index is 13.3. The molecule has 1 aliphatic heterocycles. The predicted molar refractivity (Wildman–Crippen MR) is 132 cm³/mol. The topological polar surface area (TPSA) is 44.7 Å². The number of nitrogens with zero attached hydrogens (tertiary/aromatic N) is 2. The van der Waals surface area contributed by atoms with E-state index in [9.17, 15) is 4.79 Å². The molecule has 1 saturated carbocycles. The first-order chi connectivity index (χ1) is 14.9. The van der Waals surface area contributed by atoms with Gasteiger partial charge < -0.3 is 5.32 Å². The van der Waals surface area contributed by atoms with E-state index in [1.807, 2.05) is 23.2 Å². The number of hydrogen-bond acceptors (Lipinski definition) is 3. The lowest BCUT2D eigenvalue weighted by Gasteiger charge is -2.27. The first-order valence-corrected chi connectivity index (χ1v) is 12.4. The van der Waals surface area contributed by atoms with E-state index >= 15 is 0 Å². The highest BCUT2D eigenvalue weighted by atomic mass is 79.9. The average molecular weight is 523 g/mol. The molecule has 1 aliphatic carbocycles. The van der Waals surface area contributed by atoms with Gasteiger partial charge in [-0.25, -0.2) is 0 Å². The summed E-state index contributed by atoms with van der Waals surface area (Å²) in [4.78, 5) is 13.3. The minimum Gasteiger partial charge on any atom is -0.348 e. The number of anilines is 1. The van der Waals surface area contributed by atoms with Crippen molar-refractivity contribution in [2.24, 2.45) is 11.0 Å². The number of halogens is 3. The zero-order chi connectivity index (χ0) is 22.0. The van der Waals surface area contributed by atoms with Gasteiger partial charge in [0.25, 0.3) is 5.91 Å². The molecule has 7 heteroatoms. The Labute approximate surface area is 202 Å². The van der Waals surface area contributed by atoms with Crippen LogP contribution in [0.5, 0.6) is 0 Å². The summed E-state index contributed by atoms with van der Waals surface area (Å²) in [6.45, 7) is 2.06. The molecular weight excluding hydrogens is 497 g/mol. The molecule has 0 unspecified atom stereocenters. The highest BCUT2D eigenvalue weighted by Crippen LogP contribution is 2.42. The van der Waals surface area contributed by atoms with E-state index in [-0.39, 0.29) is 23.9 Å². The van der Waals surface area contributed by atoms with Crippen molar-refractivity contribution in [1.82, 2.24) is 5.32 Å². The van der Waals surface area contributed by atoms with Gasteiger partial charge in [-0.15, -0.1) is 0 Å². The molecule has 4 rings (SSSR count). The van der Waals surface area contributed by atoms with Gasteiger partial charge in [0.2, 0.25) is 0 Å². The van der Waals surface area contributed by atoms with Gasteiger partial charge in [-0.2, -0.15) is 5.10 Å². The van der Waals surface area contributed by atoms with Gasteiger partial charge in [0, 0.05) is 21.5 Å². The average Bonchev–Trinajstić information content (AvgIpc) is 2.89. The smallest absolute Gasteiger partial charge is 0.268 e. The molecule has 164 valence electrons. The van der Waals surface area contributed by atoms with Crippen molar-refractivity contribution in [3.63, 3.8) is 0 Å². The van der Waals surface area contributed by atoms with Gasteiger partial charge in [0.15, 0.2) is 0 Å². The monoisotopic (exact) mass is 521 g/mol. The van der Waals surface area contributed by atoms with Crippen LogP contribution in [0, 0.1) is 5.92 Å². The first kappa shape index (κ1) is 22.6. The van der Waals surface area contributed by atoms with E-state index in [4.69, 9.17) is 28.3 Å². The normalized spacial score (nSPS) is 22.2. The van der Waals surface area contributed by atoms with Crippen molar-refractivity contribution < 1.29 is 4.79 Å². The van der Waals surface area contributed by atoms with Crippen LogP contribution in [0.3, 0.4) is 0 Å². The lowest BCUT2D eigenvalue weighted by atomic mass is 9.90. The number of nitrogens with one attached hydrogen (secondary N) is 1. The van der Waals surface area contributed by atoms with Crippen LogP contribution in [0.1, 0.15) is 57.1 Å². The molecule has 2 atom stereocenters. The molecule has 2 aliphatic rings. The fraction of sp³-hybridized carbons (Fsp3) is 0.417. The number of carbonyl (C=O) groups is 1. The van der Waals surface area contributed by atoms with Crippen molar-refractivity contribution in [2.45, 2.75) is 57.5 Å². The van der Waals surface area contributed by atoms with Crippen LogP contribution in [0.4, 0.5) is 5.69 Å². The predicted octanol–water partition coefficient (Wildman–Crippen LogP) is 7.15. The van der Waals surface area contributed by atoms with Gasteiger partial charge in [-0.1, -0.05) is 83.9 Å². The minimum atomic E-state index is -0.137. The van der Waals surface area contributed by atoms with Gasteiger partial charge in [0.05, 0.1) is 16.8 Å². The Balaban J connectivity index is 1.66. The molecule has 2 aromatic carbocycles. The van der Waals surface area contributed by atoms with Crippen LogP contribution < -0.4 is 10.3 Å². The molecule has 1 N–H and O–H groups in total. The van der Waals surface area contributed by atoms with Crippen LogP contribution in [-0.2, 0) is 4.79 Å². The zero-order valence-electron chi connectivity index (χ0n) is 17.5. The van der Waals surface area contributed by atoms with Crippen molar-refractivity contribution in [3.05, 3.63) is 62.5 Å². The number of benzene rings is 2. The molecule has 1 amide bonds. The molecule has 0 saturated heterocycles. The highest BCUT2D eigenvalue weighted by Gasteiger charge is 2.40. The Morgan fingerprint density at radius 1 is 1.06 bits per heavy atom. The molecule has 4 nitrogen and oxygen atoms in total. The Kier molecular flexibility index (Phi) is 7.25. The summed E-state index contributed by atoms with van der Waals surface area (Å²) in [6.07, 6.45) is 6.91. The van der Waals surface area contributed by atoms with Crippen LogP contribution >= 0.6 is 39.1 Å². The van der Waals surface area contributed by atoms with Crippen LogP contribution in [0.25, 0.3) is 0 Å². The summed E-state index contributed by atoms with van der Waals surface area (Å²) in [6, 6.07) is 13.6. The molecule has 1 fully saturated rings. The Bertz CT molecular complexity index is 971. The van der Waals surface area contributed by atoms with Gasteiger partial charge >= 0.3 is 0 Å². The summed E-state index contributed by atoms with van der Waals surface area (Å²) >= 11 is 16.2. The van der Waals surface area contributed by atoms with E-state index in [2.05, 4.69) is 40.3 Å². The summed E-state index contributed by atoms with van der Waals surface area (Å²) < 4.78 is 1.00. The second kappa shape index (κ2) is 9.93. The van der Waals surface area contributed by atoms with Gasteiger partial charge in [0.1, 0.15) is 5.71 Å². The summed E-state index contributed by atoms with van der Waals surface area (Å²) in [5.74, 6) is -0.173. The standard InChI is InChI=1S/C24H26BrCl2N3O/c1-15-22(24(31)28-19-6-4-2-3-5-7-19)29-30(21-13-12-18(26)14-20(21)27)23(15)16-8-10-17(25)11-9-16/h8-15,19,23H,2-7H2,1H3,(H,28,31)/t15-,23-/m0/s1. The van der Waals surface area contributed by atoms with Crippen molar-refractivity contribution >= 4 is 56.4 Å². The van der Waals surface area contributed by atoms with Crippen LogP contribution in [-0.4, -0.2) is 17.7 Å². The molecule has 31 heavy (non-hydrogen) atoms. The maximum Gasteiger partial charge on any atom is 0.268 e.